The summed E-state index contributed by atoms with van der Waals surface area (Å²) in [7, 11) is 0. The fraction of sp³-hybridized carbons (Fsp3) is 0.381. The van der Waals surface area contributed by atoms with Crippen LogP contribution in [0.3, 0.4) is 0 Å². The molecule has 4 rings (SSSR count). The van der Waals surface area contributed by atoms with Gasteiger partial charge in [0.15, 0.2) is 0 Å². The third kappa shape index (κ3) is 2.82. The number of rotatable bonds is 4. The number of carbonyl (C=O) groups excluding carboxylic acids is 1. The Balaban J connectivity index is 1.40. The molecular weight excluding hydrogens is 326 g/mol. The molecular formula is C21H21N3O2. The van der Waals surface area contributed by atoms with Gasteiger partial charge in [-0.2, -0.15) is 10.4 Å². The van der Waals surface area contributed by atoms with Crippen molar-refractivity contribution in [3.63, 3.8) is 0 Å². The number of hydrogen-bond acceptors (Lipinski definition) is 4. The first kappa shape index (κ1) is 16.6. The molecule has 5 nitrogen and oxygen atoms in total. The van der Waals surface area contributed by atoms with E-state index in [2.05, 4.69) is 23.5 Å². The highest BCUT2D eigenvalue weighted by molar-refractivity contribution is 5.85. The highest BCUT2D eigenvalue weighted by atomic mass is 16.3. The summed E-state index contributed by atoms with van der Waals surface area (Å²) in [6.45, 7) is 2.22. The van der Waals surface area contributed by atoms with Crippen molar-refractivity contribution in [2.24, 2.45) is 22.4 Å². The Labute approximate surface area is 152 Å². The first-order chi connectivity index (χ1) is 12.6. The minimum Gasteiger partial charge on any atom is -0.455 e. The maximum Gasteiger partial charge on any atom is 0.244 e. The number of nitrogens with one attached hydrogen (secondary N) is 1. The lowest BCUT2D eigenvalue weighted by atomic mass is 9.90. The van der Waals surface area contributed by atoms with Gasteiger partial charge in [-0.05, 0) is 48.4 Å². The van der Waals surface area contributed by atoms with Crippen LogP contribution in [0, 0.1) is 28.6 Å². The van der Waals surface area contributed by atoms with Crippen LogP contribution in [-0.4, -0.2) is 12.1 Å². The van der Waals surface area contributed by atoms with E-state index in [1.807, 2.05) is 18.2 Å². The van der Waals surface area contributed by atoms with Crippen molar-refractivity contribution in [3.05, 3.63) is 47.7 Å². The van der Waals surface area contributed by atoms with Crippen molar-refractivity contribution in [3.8, 4) is 17.4 Å². The lowest BCUT2D eigenvalue weighted by molar-refractivity contribution is -0.123. The smallest absolute Gasteiger partial charge is 0.244 e. The molecule has 0 bridgehead atoms. The molecule has 0 spiro atoms. The van der Waals surface area contributed by atoms with Crippen molar-refractivity contribution in [2.45, 2.75) is 32.6 Å². The van der Waals surface area contributed by atoms with Crippen molar-refractivity contribution < 1.29 is 9.21 Å². The van der Waals surface area contributed by atoms with Crippen LogP contribution < -0.4 is 5.43 Å². The summed E-state index contributed by atoms with van der Waals surface area (Å²) in [6.07, 6.45) is 6.24. The molecule has 26 heavy (non-hydrogen) atoms. The Bertz CT molecular complexity index is 908. The van der Waals surface area contributed by atoms with Gasteiger partial charge in [-0.25, -0.2) is 5.43 Å². The van der Waals surface area contributed by atoms with Gasteiger partial charge in [0.25, 0.3) is 0 Å². The van der Waals surface area contributed by atoms with Gasteiger partial charge in [0.2, 0.25) is 5.91 Å². The Kier molecular flexibility index (Phi) is 4.12. The summed E-state index contributed by atoms with van der Waals surface area (Å²) in [6, 6.07) is 13.0. The molecule has 1 aromatic carbocycles. The number of hydrazone groups is 1. The van der Waals surface area contributed by atoms with Crippen LogP contribution in [-0.2, 0) is 4.79 Å². The third-order valence-corrected chi connectivity index (χ3v) is 5.92. The highest BCUT2D eigenvalue weighted by Gasteiger charge is 2.64. The number of amides is 1. The lowest BCUT2D eigenvalue weighted by Crippen LogP contribution is -2.22. The fourth-order valence-corrected chi connectivity index (χ4v) is 4.44. The minimum atomic E-state index is 0.0113. The SMILES string of the molecule is C[C@]12CCCC[C@@H]1[C@H]2C(=O)N/N=C\c1ccc(-c2ccccc2C#N)o1. The predicted octanol–water partition coefficient (Wildman–Crippen LogP) is 4.09. The second kappa shape index (κ2) is 6.45. The van der Waals surface area contributed by atoms with E-state index in [0.29, 0.717) is 23.0 Å². The van der Waals surface area contributed by atoms with Crippen molar-refractivity contribution >= 4 is 12.1 Å². The molecule has 1 N–H and O–H groups in total. The molecule has 3 atom stereocenters. The van der Waals surface area contributed by atoms with E-state index in [1.54, 1.807) is 18.2 Å². The third-order valence-electron chi connectivity index (χ3n) is 5.92. The van der Waals surface area contributed by atoms with Gasteiger partial charge in [-0.3, -0.25) is 4.79 Å². The van der Waals surface area contributed by atoms with Gasteiger partial charge in [-0.1, -0.05) is 31.9 Å². The molecule has 2 fully saturated rings. The molecule has 2 saturated carbocycles. The zero-order valence-corrected chi connectivity index (χ0v) is 14.7. The van der Waals surface area contributed by atoms with E-state index in [-0.39, 0.29) is 17.2 Å². The highest BCUT2D eigenvalue weighted by Crippen LogP contribution is 2.66. The molecule has 0 aliphatic heterocycles. The van der Waals surface area contributed by atoms with Crippen LogP contribution in [0.5, 0.6) is 0 Å². The zero-order chi connectivity index (χ0) is 18.1. The minimum absolute atomic E-state index is 0.0113. The molecule has 132 valence electrons. The molecule has 0 radical (unpaired) electrons. The molecule has 2 aliphatic carbocycles. The molecule has 1 aromatic heterocycles. The van der Waals surface area contributed by atoms with Crippen molar-refractivity contribution in [1.29, 1.82) is 5.26 Å². The summed E-state index contributed by atoms with van der Waals surface area (Å²) < 4.78 is 5.73. The van der Waals surface area contributed by atoms with Crippen LogP contribution in [0.2, 0.25) is 0 Å². The van der Waals surface area contributed by atoms with E-state index in [9.17, 15) is 10.1 Å². The topological polar surface area (TPSA) is 78.4 Å². The van der Waals surface area contributed by atoms with Crippen LogP contribution in [0.1, 0.15) is 43.9 Å². The summed E-state index contributed by atoms with van der Waals surface area (Å²) in [5.41, 5.74) is 4.14. The number of carbonyl (C=O) groups is 1. The number of nitriles is 1. The molecule has 0 saturated heterocycles. The van der Waals surface area contributed by atoms with Crippen LogP contribution in [0.4, 0.5) is 0 Å². The number of furan rings is 1. The average molecular weight is 347 g/mol. The maximum absolute atomic E-state index is 12.4. The number of hydrogen-bond donors (Lipinski definition) is 1. The second-order valence-corrected chi connectivity index (χ2v) is 7.43. The van der Waals surface area contributed by atoms with E-state index in [1.165, 1.54) is 19.1 Å². The Morgan fingerprint density at radius 1 is 1.35 bits per heavy atom. The van der Waals surface area contributed by atoms with E-state index in [0.717, 1.165) is 18.4 Å². The van der Waals surface area contributed by atoms with E-state index >= 15 is 0 Å². The summed E-state index contributed by atoms with van der Waals surface area (Å²) >= 11 is 0. The summed E-state index contributed by atoms with van der Waals surface area (Å²) in [5, 5.41) is 13.2. The standard InChI is InChI=1S/C21H21N3O2/c1-21-11-5-4-8-17(21)19(21)20(25)24-23-13-15-9-10-18(26-15)16-7-3-2-6-14(16)12-22/h2-3,6-7,9-10,13,17,19H,4-5,8,11H2,1H3,(H,24,25)/b23-13-/t17-,19+,21+/m1/s1. The van der Waals surface area contributed by atoms with Crippen LogP contribution in [0.15, 0.2) is 45.9 Å². The van der Waals surface area contributed by atoms with Gasteiger partial charge in [0, 0.05) is 11.5 Å². The van der Waals surface area contributed by atoms with Crippen molar-refractivity contribution in [2.75, 3.05) is 0 Å². The average Bonchev–Trinajstić information content (AvgIpc) is 3.03. The largest absolute Gasteiger partial charge is 0.455 e. The van der Waals surface area contributed by atoms with E-state index in [4.69, 9.17) is 4.42 Å². The van der Waals surface area contributed by atoms with Gasteiger partial charge in [0.05, 0.1) is 17.8 Å². The second-order valence-electron chi connectivity index (χ2n) is 7.43. The number of benzene rings is 1. The van der Waals surface area contributed by atoms with Crippen LogP contribution in [0.25, 0.3) is 11.3 Å². The number of nitrogens with zero attached hydrogens (tertiary/aromatic N) is 2. The van der Waals surface area contributed by atoms with Crippen LogP contribution >= 0.6 is 0 Å². The first-order valence-corrected chi connectivity index (χ1v) is 9.06. The summed E-state index contributed by atoms with van der Waals surface area (Å²) in [4.78, 5) is 12.4. The molecule has 1 heterocycles. The molecule has 5 heteroatoms. The monoisotopic (exact) mass is 347 g/mol. The van der Waals surface area contributed by atoms with Crippen molar-refractivity contribution in [1.82, 2.24) is 5.43 Å². The zero-order valence-electron chi connectivity index (χ0n) is 14.7. The number of fused-ring (bicyclic) bond motifs is 1. The van der Waals surface area contributed by atoms with Gasteiger partial charge < -0.3 is 4.42 Å². The van der Waals surface area contributed by atoms with Gasteiger partial charge >= 0.3 is 0 Å². The van der Waals surface area contributed by atoms with Gasteiger partial charge in [0.1, 0.15) is 11.5 Å². The quantitative estimate of drug-likeness (QED) is 0.668. The summed E-state index contributed by atoms with van der Waals surface area (Å²) in [5.74, 6) is 1.77. The fourth-order valence-electron chi connectivity index (χ4n) is 4.44. The normalized spacial score (nSPS) is 26.9. The molecule has 2 aromatic rings. The maximum atomic E-state index is 12.4. The molecule has 0 unspecified atom stereocenters. The molecule has 2 aliphatic rings. The van der Waals surface area contributed by atoms with E-state index < -0.39 is 0 Å². The Morgan fingerprint density at radius 2 is 2.19 bits per heavy atom. The Hall–Kier alpha value is -2.87. The first-order valence-electron chi connectivity index (χ1n) is 9.06. The molecule has 1 amide bonds. The lowest BCUT2D eigenvalue weighted by Gasteiger charge is -2.15. The predicted molar refractivity (Wildman–Crippen MR) is 98.2 cm³/mol. The van der Waals surface area contributed by atoms with Gasteiger partial charge in [-0.15, -0.1) is 0 Å². The Morgan fingerprint density at radius 3 is 2.96 bits per heavy atom.